The average molecular weight is 255 g/mol. The van der Waals surface area contributed by atoms with Crippen LogP contribution in [0.25, 0.3) is 5.82 Å². The fourth-order valence-electron chi connectivity index (χ4n) is 1.44. The van der Waals surface area contributed by atoms with Gasteiger partial charge in [0.25, 0.3) is 0 Å². The third-order valence-electron chi connectivity index (χ3n) is 2.22. The van der Waals surface area contributed by atoms with Gasteiger partial charge in [-0.15, -0.1) is 5.10 Å². The lowest BCUT2D eigenvalue weighted by atomic mass is 10.3. The molecule has 2 aromatic rings. The number of rotatable bonds is 4. The molecule has 0 unspecified atom stereocenters. The van der Waals surface area contributed by atoms with Gasteiger partial charge in [0.1, 0.15) is 5.15 Å². The number of halogens is 1. The molecule has 0 bridgehead atoms. The molecular formula is C10H11ClN4O2. The topological polar surface area (TPSA) is 73.1 Å². The van der Waals surface area contributed by atoms with Crippen LogP contribution in [0, 0.1) is 0 Å². The van der Waals surface area contributed by atoms with Gasteiger partial charge in [-0.25, -0.2) is 4.68 Å². The van der Waals surface area contributed by atoms with Crippen molar-refractivity contribution in [1.82, 2.24) is 20.0 Å². The highest BCUT2D eigenvalue weighted by Gasteiger charge is 2.17. The van der Waals surface area contributed by atoms with E-state index in [1.165, 1.54) is 4.68 Å². The Labute approximate surface area is 103 Å². The summed E-state index contributed by atoms with van der Waals surface area (Å²) in [6.45, 7) is 0.0840. The van der Waals surface area contributed by atoms with E-state index in [4.69, 9.17) is 16.3 Å². The first kappa shape index (κ1) is 12.0. The van der Waals surface area contributed by atoms with E-state index in [0.717, 1.165) is 0 Å². The van der Waals surface area contributed by atoms with Crippen molar-refractivity contribution in [1.29, 1.82) is 0 Å². The lowest BCUT2D eigenvalue weighted by Gasteiger charge is -1.99. The normalized spacial score (nSPS) is 10.8. The van der Waals surface area contributed by atoms with Gasteiger partial charge in [-0.05, 0) is 12.1 Å². The molecule has 0 spiro atoms. The van der Waals surface area contributed by atoms with Gasteiger partial charge >= 0.3 is 0 Å². The van der Waals surface area contributed by atoms with E-state index in [9.17, 15) is 5.11 Å². The van der Waals surface area contributed by atoms with Crippen LogP contribution in [0.15, 0.2) is 18.3 Å². The zero-order valence-corrected chi connectivity index (χ0v) is 9.92. The van der Waals surface area contributed by atoms with Crippen LogP contribution >= 0.6 is 11.6 Å². The molecule has 2 rings (SSSR count). The van der Waals surface area contributed by atoms with Gasteiger partial charge in [0, 0.05) is 18.9 Å². The van der Waals surface area contributed by atoms with Crippen LogP contribution in [-0.4, -0.2) is 32.2 Å². The summed E-state index contributed by atoms with van der Waals surface area (Å²) in [6.07, 6.45) is 1.56. The minimum Gasteiger partial charge on any atom is -0.391 e. The Morgan fingerprint density at radius 3 is 2.94 bits per heavy atom. The van der Waals surface area contributed by atoms with Gasteiger partial charge in [0.05, 0.1) is 18.9 Å². The van der Waals surface area contributed by atoms with Gasteiger partial charge in [0.15, 0.2) is 5.82 Å². The second kappa shape index (κ2) is 5.22. The first-order valence-electron chi connectivity index (χ1n) is 4.92. The lowest BCUT2D eigenvalue weighted by Crippen LogP contribution is -2.01. The summed E-state index contributed by atoms with van der Waals surface area (Å²) in [5.74, 6) is 0.495. The van der Waals surface area contributed by atoms with Crippen molar-refractivity contribution in [3.8, 4) is 5.82 Å². The third-order valence-corrected chi connectivity index (χ3v) is 2.61. The van der Waals surface area contributed by atoms with Crippen LogP contribution in [0.2, 0.25) is 5.15 Å². The highest BCUT2D eigenvalue weighted by Crippen LogP contribution is 2.23. The monoisotopic (exact) mass is 254 g/mol. The fourth-order valence-corrected chi connectivity index (χ4v) is 1.73. The van der Waals surface area contributed by atoms with Crippen LogP contribution < -0.4 is 0 Å². The van der Waals surface area contributed by atoms with E-state index >= 15 is 0 Å². The lowest BCUT2D eigenvalue weighted by molar-refractivity contribution is 0.178. The molecule has 0 saturated heterocycles. The van der Waals surface area contributed by atoms with E-state index in [0.29, 0.717) is 22.2 Å². The Hall–Kier alpha value is -1.50. The summed E-state index contributed by atoms with van der Waals surface area (Å²) in [4.78, 5) is 0. The second-order valence-corrected chi connectivity index (χ2v) is 3.66. The molecule has 1 N–H and O–H groups in total. The van der Waals surface area contributed by atoms with E-state index in [1.54, 1.807) is 25.4 Å². The zero-order chi connectivity index (χ0) is 12.3. The average Bonchev–Trinajstić information content (AvgIpc) is 2.67. The number of aliphatic hydroxyl groups excluding tert-OH is 1. The second-order valence-electron chi connectivity index (χ2n) is 3.30. The Balaban J connectivity index is 2.49. The third kappa shape index (κ3) is 2.28. The Bertz CT molecular complexity index is 501. The summed E-state index contributed by atoms with van der Waals surface area (Å²) in [5, 5.41) is 21.5. The highest BCUT2D eigenvalue weighted by atomic mass is 35.5. The molecule has 0 aliphatic carbocycles. The highest BCUT2D eigenvalue weighted by molar-refractivity contribution is 6.30. The number of aromatic nitrogens is 4. The molecule has 0 radical (unpaired) electrons. The maximum atomic E-state index is 9.26. The van der Waals surface area contributed by atoms with Crippen molar-refractivity contribution in [2.45, 2.75) is 13.2 Å². The molecule has 0 aliphatic rings. The van der Waals surface area contributed by atoms with E-state index in [1.807, 2.05) is 0 Å². The van der Waals surface area contributed by atoms with Gasteiger partial charge in [-0.2, -0.15) is 10.2 Å². The fraction of sp³-hybridized carbons (Fsp3) is 0.300. The predicted molar refractivity (Wildman–Crippen MR) is 60.8 cm³/mol. The smallest absolute Gasteiger partial charge is 0.177 e. The number of ether oxygens (including phenoxy) is 1. The van der Waals surface area contributed by atoms with Crippen molar-refractivity contribution < 1.29 is 9.84 Å². The van der Waals surface area contributed by atoms with Gasteiger partial charge < -0.3 is 9.84 Å². The van der Waals surface area contributed by atoms with Crippen molar-refractivity contribution in [3.63, 3.8) is 0 Å². The molecule has 0 aromatic carbocycles. The molecule has 0 amide bonds. The summed E-state index contributed by atoms with van der Waals surface area (Å²) in [7, 11) is 1.55. The molecular weight excluding hydrogens is 244 g/mol. The quantitative estimate of drug-likeness (QED) is 0.880. The van der Waals surface area contributed by atoms with Crippen LogP contribution in [-0.2, 0) is 18.0 Å². The molecule has 0 saturated carbocycles. The van der Waals surface area contributed by atoms with Crippen molar-refractivity contribution >= 4 is 11.6 Å². The SMILES string of the molecule is COCc1nn(-c2cccnn2)c(Cl)c1CO. The Morgan fingerprint density at radius 2 is 2.35 bits per heavy atom. The van der Waals surface area contributed by atoms with E-state index in [2.05, 4.69) is 15.3 Å². The minimum atomic E-state index is -0.197. The molecule has 6 nitrogen and oxygen atoms in total. The zero-order valence-electron chi connectivity index (χ0n) is 9.17. The maximum Gasteiger partial charge on any atom is 0.177 e. The summed E-state index contributed by atoms with van der Waals surface area (Å²) >= 11 is 6.12. The molecule has 0 aliphatic heterocycles. The number of nitrogens with zero attached hydrogens (tertiary/aromatic N) is 4. The van der Waals surface area contributed by atoms with Crippen molar-refractivity contribution in [2.75, 3.05) is 7.11 Å². The van der Waals surface area contributed by atoms with Gasteiger partial charge in [-0.1, -0.05) is 11.6 Å². The number of hydrogen-bond acceptors (Lipinski definition) is 5. The van der Waals surface area contributed by atoms with Crippen molar-refractivity contribution in [3.05, 3.63) is 34.7 Å². The standard InChI is InChI=1S/C10H11ClN4O2/c1-17-6-8-7(5-16)10(11)15(14-8)9-3-2-4-12-13-9/h2-4,16H,5-6H2,1H3. The largest absolute Gasteiger partial charge is 0.391 e. The number of aliphatic hydroxyl groups is 1. The molecule has 0 atom stereocenters. The first-order chi connectivity index (χ1) is 8.27. The van der Waals surface area contributed by atoms with Crippen LogP contribution in [0.3, 0.4) is 0 Å². The first-order valence-corrected chi connectivity index (χ1v) is 5.30. The number of methoxy groups -OCH3 is 1. The number of hydrogen-bond donors (Lipinski definition) is 1. The van der Waals surface area contributed by atoms with Gasteiger partial charge in [-0.3, -0.25) is 0 Å². The van der Waals surface area contributed by atoms with Crippen LogP contribution in [0.4, 0.5) is 0 Å². The molecule has 2 heterocycles. The van der Waals surface area contributed by atoms with Crippen LogP contribution in [0.1, 0.15) is 11.3 Å². The van der Waals surface area contributed by atoms with Gasteiger partial charge in [0.2, 0.25) is 0 Å². The molecule has 2 aromatic heterocycles. The maximum absolute atomic E-state index is 9.26. The summed E-state index contributed by atoms with van der Waals surface area (Å²) in [6, 6.07) is 3.46. The Morgan fingerprint density at radius 1 is 1.53 bits per heavy atom. The molecule has 0 fully saturated rings. The molecule has 90 valence electrons. The minimum absolute atomic E-state index is 0.197. The van der Waals surface area contributed by atoms with E-state index < -0.39 is 0 Å². The molecule has 17 heavy (non-hydrogen) atoms. The predicted octanol–water partition coefficient (Wildman–Crippen LogP) is 0.954. The molecule has 7 heteroatoms. The van der Waals surface area contributed by atoms with Crippen molar-refractivity contribution in [2.24, 2.45) is 0 Å². The van der Waals surface area contributed by atoms with E-state index in [-0.39, 0.29) is 13.2 Å². The summed E-state index contributed by atoms with van der Waals surface area (Å²) < 4.78 is 6.42. The summed E-state index contributed by atoms with van der Waals surface area (Å²) in [5.41, 5.74) is 1.13. The Kier molecular flexibility index (Phi) is 3.68. The van der Waals surface area contributed by atoms with Crippen LogP contribution in [0.5, 0.6) is 0 Å².